The highest BCUT2D eigenvalue weighted by Crippen LogP contribution is 2.43. The monoisotopic (exact) mass is 381 g/mol. The highest BCUT2D eigenvalue weighted by molar-refractivity contribution is 5.93. The van der Waals surface area contributed by atoms with Gasteiger partial charge in [-0.2, -0.15) is 5.10 Å². The van der Waals surface area contributed by atoms with Crippen molar-refractivity contribution in [3.05, 3.63) is 41.2 Å². The molecular weight excluding hydrogens is 354 g/mol. The zero-order valence-electron chi connectivity index (χ0n) is 16.8. The highest BCUT2D eigenvalue weighted by Gasteiger charge is 2.36. The van der Waals surface area contributed by atoms with Crippen molar-refractivity contribution in [1.29, 1.82) is 0 Å². The quantitative estimate of drug-likeness (QED) is 0.799. The van der Waals surface area contributed by atoms with Gasteiger partial charge in [0.05, 0.1) is 11.6 Å². The second-order valence-corrected chi connectivity index (χ2v) is 9.08. The van der Waals surface area contributed by atoms with Crippen molar-refractivity contribution in [3.63, 3.8) is 0 Å². The van der Waals surface area contributed by atoms with E-state index in [1.54, 1.807) is 0 Å². The molecule has 1 amide bonds. The van der Waals surface area contributed by atoms with Crippen LogP contribution < -0.4 is 9.47 Å². The minimum absolute atomic E-state index is 0.0325. The number of benzene rings is 1. The molecule has 0 radical (unpaired) electrons. The molecule has 28 heavy (non-hydrogen) atoms. The van der Waals surface area contributed by atoms with Crippen LogP contribution in [0.2, 0.25) is 0 Å². The van der Waals surface area contributed by atoms with Crippen LogP contribution in [0, 0.1) is 0 Å². The predicted octanol–water partition coefficient (Wildman–Crippen LogP) is 4.22. The van der Waals surface area contributed by atoms with Gasteiger partial charge in [-0.15, -0.1) is 0 Å². The minimum Gasteiger partial charge on any atom is -0.454 e. The Labute approximate surface area is 165 Å². The van der Waals surface area contributed by atoms with Gasteiger partial charge in [0.1, 0.15) is 0 Å². The van der Waals surface area contributed by atoms with E-state index < -0.39 is 0 Å². The summed E-state index contributed by atoms with van der Waals surface area (Å²) in [5.41, 5.74) is 2.75. The number of amides is 1. The third-order valence-electron chi connectivity index (χ3n) is 5.88. The van der Waals surface area contributed by atoms with Gasteiger partial charge >= 0.3 is 0 Å². The van der Waals surface area contributed by atoms with Crippen LogP contribution in [0.5, 0.6) is 11.5 Å². The fraction of sp³-hybridized carbons (Fsp3) is 0.545. The van der Waals surface area contributed by atoms with Crippen LogP contribution in [0.4, 0.5) is 0 Å². The Balaban J connectivity index is 1.44. The fourth-order valence-corrected chi connectivity index (χ4v) is 4.33. The van der Waals surface area contributed by atoms with Crippen LogP contribution in [0.25, 0.3) is 0 Å². The number of hydrogen-bond acceptors (Lipinski definition) is 4. The number of carbonyl (C=O) groups excluding carboxylic acids is 1. The fourth-order valence-electron chi connectivity index (χ4n) is 4.33. The van der Waals surface area contributed by atoms with E-state index in [9.17, 15) is 4.79 Å². The maximum Gasteiger partial charge on any atom is 0.274 e. The van der Waals surface area contributed by atoms with E-state index >= 15 is 0 Å². The SMILES string of the molecule is CC(C)(C)n1nc(C(=O)N2CCCC2c2ccc3c(c2)OCO3)cc1C1CC1. The first-order chi connectivity index (χ1) is 13.4. The summed E-state index contributed by atoms with van der Waals surface area (Å²) in [4.78, 5) is 15.4. The van der Waals surface area contributed by atoms with E-state index in [1.165, 1.54) is 18.5 Å². The first kappa shape index (κ1) is 17.6. The van der Waals surface area contributed by atoms with Crippen molar-refractivity contribution in [3.8, 4) is 11.5 Å². The van der Waals surface area contributed by atoms with E-state index in [-0.39, 0.29) is 24.3 Å². The topological polar surface area (TPSA) is 56.6 Å². The second-order valence-electron chi connectivity index (χ2n) is 9.08. The Hall–Kier alpha value is -2.50. The molecule has 5 rings (SSSR count). The van der Waals surface area contributed by atoms with E-state index in [0.29, 0.717) is 11.6 Å². The number of likely N-dealkylation sites (tertiary alicyclic amines) is 1. The molecule has 1 saturated carbocycles. The molecule has 6 nitrogen and oxygen atoms in total. The van der Waals surface area contributed by atoms with Gasteiger partial charge in [-0.1, -0.05) is 6.07 Å². The molecule has 3 aliphatic rings. The molecule has 6 heteroatoms. The average Bonchev–Trinajstić information content (AvgIpc) is 3.10. The number of hydrogen-bond donors (Lipinski definition) is 0. The van der Waals surface area contributed by atoms with Crippen molar-refractivity contribution in [2.45, 2.75) is 64.0 Å². The third-order valence-corrected chi connectivity index (χ3v) is 5.88. The lowest BCUT2D eigenvalue weighted by Crippen LogP contribution is -2.31. The molecule has 1 aliphatic carbocycles. The summed E-state index contributed by atoms with van der Waals surface area (Å²) in [5, 5.41) is 4.75. The predicted molar refractivity (Wildman–Crippen MR) is 105 cm³/mol. The number of ether oxygens (including phenoxy) is 2. The summed E-state index contributed by atoms with van der Waals surface area (Å²) in [6.45, 7) is 7.46. The van der Waals surface area contributed by atoms with E-state index in [1.807, 2.05) is 29.2 Å². The molecule has 0 spiro atoms. The zero-order chi connectivity index (χ0) is 19.5. The molecule has 1 saturated heterocycles. The summed E-state index contributed by atoms with van der Waals surface area (Å²) in [7, 11) is 0. The van der Waals surface area contributed by atoms with Crippen LogP contribution >= 0.6 is 0 Å². The van der Waals surface area contributed by atoms with Crippen LogP contribution in [0.1, 0.15) is 80.2 Å². The molecule has 1 atom stereocenters. The molecule has 0 N–H and O–H groups in total. The summed E-state index contributed by atoms with van der Waals surface area (Å²) in [5.74, 6) is 2.13. The molecule has 1 aromatic heterocycles. The van der Waals surface area contributed by atoms with Gasteiger partial charge < -0.3 is 14.4 Å². The Morgan fingerprint density at radius 3 is 2.64 bits per heavy atom. The number of nitrogens with zero attached hydrogens (tertiary/aromatic N) is 3. The Morgan fingerprint density at radius 2 is 1.89 bits per heavy atom. The smallest absolute Gasteiger partial charge is 0.274 e. The van der Waals surface area contributed by atoms with Crippen molar-refractivity contribution in [2.24, 2.45) is 0 Å². The summed E-state index contributed by atoms with van der Waals surface area (Å²) >= 11 is 0. The van der Waals surface area contributed by atoms with Crippen molar-refractivity contribution < 1.29 is 14.3 Å². The van der Waals surface area contributed by atoms with Gasteiger partial charge in [0.25, 0.3) is 5.91 Å². The normalized spacial score (nSPS) is 21.4. The molecule has 0 bridgehead atoms. The van der Waals surface area contributed by atoms with Gasteiger partial charge in [-0.25, -0.2) is 0 Å². The molecule has 2 aromatic rings. The standard InChI is InChI=1S/C22H27N3O3/c1-22(2,3)25-18(14-6-7-14)12-16(23-25)21(26)24-10-4-5-17(24)15-8-9-19-20(11-15)28-13-27-19/h8-9,11-12,14,17H,4-7,10,13H2,1-3H3. The highest BCUT2D eigenvalue weighted by atomic mass is 16.7. The van der Waals surface area contributed by atoms with Crippen molar-refractivity contribution in [2.75, 3.05) is 13.3 Å². The first-order valence-corrected chi connectivity index (χ1v) is 10.2. The molecule has 2 fully saturated rings. The largest absolute Gasteiger partial charge is 0.454 e. The summed E-state index contributed by atoms with van der Waals surface area (Å²) in [6.07, 6.45) is 4.35. The lowest BCUT2D eigenvalue weighted by Gasteiger charge is -2.25. The number of rotatable bonds is 3. The van der Waals surface area contributed by atoms with Gasteiger partial charge in [-0.05, 0) is 70.2 Å². The van der Waals surface area contributed by atoms with E-state index in [2.05, 4.69) is 25.5 Å². The third kappa shape index (κ3) is 2.95. The lowest BCUT2D eigenvalue weighted by atomic mass is 10.0. The summed E-state index contributed by atoms with van der Waals surface area (Å²) < 4.78 is 13.0. The van der Waals surface area contributed by atoms with Crippen LogP contribution in [0.3, 0.4) is 0 Å². The van der Waals surface area contributed by atoms with Crippen molar-refractivity contribution >= 4 is 5.91 Å². The van der Waals surface area contributed by atoms with Crippen LogP contribution in [-0.2, 0) is 5.54 Å². The van der Waals surface area contributed by atoms with E-state index in [4.69, 9.17) is 14.6 Å². The molecule has 1 unspecified atom stereocenters. The first-order valence-electron chi connectivity index (χ1n) is 10.2. The Kier molecular flexibility index (Phi) is 3.93. The second kappa shape index (κ2) is 6.26. The van der Waals surface area contributed by atoms with Crippen LogP contribution in [-0.4, -0.2) is 33.9 Å². The average molecular weight is 381 g/mol. The number of aromatic nitrogens is 2. The number of fused-ring (bicyclic) bond motifs is 1. The Morgan fingerprint density at radius 1 is 1.11 bits per heavy atom. The molecule has 2 aliphatic heterocycles. The zero-order valence-corrected chi connectivity index (χ0v) is 16.8. The molecular formula is C22H27N3O3. The van der Waals surface area contributed by atoms with Gasteiger partial charge in [-0.3, -0.25) is 9.48 Å². The minimum atomic E-state index is -0.127. The van der Waals surface area contributed by atoms with Crippen molar-refractivity contribution in [1.82, 2.24) is 14.7 Å². The summed E-state index contributed by atoms with van der Waals surface area (Å²) in [6, 6.07) is 8.10. The molecule has 1 aromatic carbocycles. The molecule has 3 heterocycles. The lowest BCUT2D eigenvalue weighted by molar-refractivity contribution is 0.0727. The maximum atomic E-state index is 13.4. The van der Waals surface area contributed by atoms with E-state index in [0.717, 1.165) is 36.4 Å². The van der Waals surface area contributed by atoms with Gasteiger partial charge in [0.2, 0.25) is 6.79 Å². The molecule has 148 valence electrons. The maximum absolute atomic E-state index is 13.4. The van der Waals surface area contributed by atoms with Gasteiger partial charge in [0, 0.05) is 18.2 Å². The van der Waals surface area contributed by atoms with Gasteiger partial charge in [0.15, 0.2) is 17.2 Å². The van der Waals surface area contributed by atoms with Crippen LogP contribution in [0.15, 0.2) is 24.3 Å². The Bertz CT molecular complexity index is 924. The number of carbonyl (C=O) groups is 1.